The van der Waals surface area contributed by atoms with Crippen LogP contribution in [0.3, 0.4) is 0 Å². The molecule has 0 aliphatic carbocycles. The molecule has 0 unspecified atom stereocenters. The first-order valence-corrected chi connectivity index (χ1v) is 6.50. The Hall–Kier alpha value is -3.09. The van der Waals surface area contributed by atoms with E-state index in [1.165, 1.54) is 10.8 Å². The molecule has 0 fully saturated rings. The number of anilines is 1. The Bertz CT molecular complexity index is 679. The van der Waals surface area contributed by atoms with Gasteiger partial charge in [0.25, 0.3) is 0 Å². The van der Waals surface area contributed by atoms with Crippen LogP contribution in [0, 0.1) is 0 Å². The largest absolute Gasteiger partial charge is 0.480 e. The summed E-state index contributed by atoms with van der Waals surface area (Å²) in [6, 6.07) is 10.8. The molecule has 0 aliphatic heterocycles. The summed E-state index contributed by atoms with van der Waals surface area (Å²) in [5.41, 5.74) is 1.37. The SMILES string of the molecule is C=CCOC(=O)Nc1cc(-c2ccccc2)nn1CC(=O)O. The quantitative estimate of drug-likeness (QED) is 0.799. The lowest BCUT2D eigenvalue weighted by Gasteiger charge is -2.06. The fourth-order valence-corrected chi connectivity index (χ4v) is 1.79. The third-order valence-corrected chi connectivity index (χ3v) is 2.70. The van der Waals surface area contributed by atoms with Crippen molar-refractivity contribution in [3.05, 3.63) is 49.1 Å². The van der Waals surface area contributed by atoms with Crippen LogP contribution in [-0.4, -0.2) is 33.6 Å². The van der Waals surface area contributed by atoms with Crippen molar-refractivity contribution in [2.45, 2.75) is 6.54 Å². The van der Waals surface area contributed by atoms with Gasteiger partial charge >= 0.3 is 12.1 Å². The van der Waals surface area contributed by atoms with E-state index in [2.05, 4.69) is 17.0 Å². The molecule has 1 aromatic carbocycles. The lowest BCUT2D eigenvalue weighted by Crippen LogP contribution is -2.19. The van der Waals surface area contributed by atoms with Gasteiger partial charge in [-0.2, -0.15) is 5.10 Å². The summed E-state index contributed by atoms with van der Waals surface area (Å²) >= 11 is 0. The molecular formula is C15H15N3O4. The van der Waals surface area contributed by atoms with Crippen LogP contribution in [0.4, 0.5) is 10.6 Å². The topological polar surface area (TPSA) is 93.5 Å². The first-order valence-electron chi connectivity index (χ1n) is 6.50. The van der Waals surface area contributed by atoms with Gasteiger partial charge in [0, 0.05) is 11.6 Å². The van der Waals surface area contributed by atoms with Gasteiger partial charge in [0.15, 0.2) is 0 Å². The molecule has 2 aromatic rings. The molecule has 1 aromatic heterocycles. The van der Waals surface area contributed by atoms with Gasteiger partial charge in [0.1, 0.15) is 19.0 Å². The van der Waals surface area contributed by atoms with Crippen LogP contribution in [0.1, 0.15) is 0 Å². The van der Waals surface area contributed by atoms with Crippen molar-refractivity contribution in [2.75, 3.05) is 11.9 Å². The Balaban J connectivity index is 2.26. The smallest absolute Gasteiger partial charge is 0.413 e. The Morgan fingerprint density at radius 1 is 1.36 bits per heavy atom. The van der Waals surface area contributed by atoms with Crippen molar-refractivity contribution < 1.29 is 19.4 Å². The number of carbonyl (C=O) groups excluding carboxylic acids is 1. The fraction of sp³-hybridized carbons (Fsp3) is 0.133. The molecule has 22 heavy (non-hydrogen) atoms. The lowest BCUT2D eigenvalue weighted by atomic mass is 10.2. The van der Waals surface area contributed by atoms with E-state index in [1.54, 1.807) is 6.07 Å². The van der Waals surface area contributed by atoms with Crippen molar-refractivity contribution in [3.63, 3.8) is 0 Å². The predicted molar refractivity (Wildman–Crippen MR) is 80.5 cm³/mol. The predicted octanol–water partition coefficient (Wildman–Crippen LogP) is 2.37. The molecule has 7 nitrogen and oxygen atoms in total. The number of hydrogen-bond acceptors (Lipinski definition) is 4. The van der Waals surface area contributed by atoms with E-state index in [9.17, 15) is 9.59 Å². The Labute approximate surface area is 126 Å². The van der Waals surface area contributed by atoms with Crippen LogP contribution in [0.5, 0.6) is 0 Å². The summed E-state index contributed by atoms with van der Waals surface area (Å²) in [7, 11) is 0. The number of benzene rings is 1. The molecule has 1 amide bonds. The van der Waals surface area contributed by atoms with Crippen LogP contribution in [0.25, 0.3) is 11.3 Å². The van der Waals surface area contributed by atoms with E-state index in [0.29, 0.717) is 5.69 Å². The molecule has 0 radical (unpaired) electrons. The number of rotatable bonds is 6. The molecular weight excluding hydrogens is 286 g/mol. The summed E-state index contributed by atoms with van der Waals surface area (Å²) in [5.74, 6) is -0.819. The molecule has 0 bridgehead atoms. The average molecular weight is 301 g/mol. The standard InChI is InChI=1S/C15H15N3O4/c1-2-8-22-15(21)16-13-9-12(11-6-4-3-5-7-11)17-18(13)10-14(19)20/h2-7,9H,1,8,10H2,(H,16,21)(H,19,20). The van der Waals surface area contributed by atoms with Crippen LogP contribution >= 0.6 is 0 Å². The summed E-state index contributed by atoms with van der Waals surface area (Å²) < 4.78 is 6.01. The highest BCUT2D eigenvalue weighted by atomic mass is 16.5. The summed E-state index contributed by atoms with van der Waals surface area (Å²) in [6.45, 7) is 3.13. The van der Waals surface area contributed by atoms with E-state index in [4.69, 9.17) is 9.84 Å². The zero-order valence-electron chi connectivity index (χ0n) is 11.7. The number of nitrogens with one attached hydrogen (secondary N) is 1. The van der Waals surface area contributed by atoms with Crippen molar-refractivity contribution >= 4 is 17.9 Å². The minimum absolute atomic E-state index is 0.0600. The zero-order valence-corrected chi connectivity index (χ0v) is 11.7. The second kappa shape index (κ2) is 7.07. The molecule has 0 aliphatic rings. The molecule has 0 saturated carbocycles. The van der Waals surface area contributed by atoms with Crippen LogP contribution in [0.15, 0.2) is 49.1 Å². The van der Waals surface area contributed by atoms with Gasteiger partial charge in [0.05, 0.1) is 5.69 Å². The number of ether oxygens (including phenoxy) is 1. The molecule has 0 saturated heterocycles. The maximum atomic E-state index is 11.6. The number of carboxylic acids is 1. The summed E-state index contributed by atoms with van der Waals surface area (Å²) in [4.78, 5) is 22.5. The third kappa shape index (κ3) is 3.95. The van der Waals surface area contributed by atoms with Gasteiger partial charge in [0.2, 0.25) is 0 Å². The maximum absolute atomic E-state index is 11.6. The summed E-state index contributed by atoms with van der Waals surface area (Å²) in [5, 5.41) is 15.6. The highest BCUT2D eigenvalue weighted by molar-refractivity contribution is 5.85. The maximum Gasteiger partial charge on any atom is 0.413 e. The first-order chi connectivity index (χ1) is 10.6. The minimum Gasteiger partial charge on any atom is -0.480 e. The minimum atomic E-state index is -1.06. The number of carbonyl (C=O) groups is 2. The van der Waals surface area contributed by atoms with Crippen LogP contribution < -0.4 is 5.32 Å². The Morgan fingerprint density at radius 3 is 2.73 bits per heavy atom. The number of hydrogen-bond donors (Lipinski definition) is 2. The van der Waals surface area contributed by atoms with Gasteiger partial charge in [-0.25, -0.2) is 9.48 Å². The van der Waals surface area contributed by atoms with Crippen molar-refractivity contribution in [2.24, 2.45) is 0 Å². The Morgan fingerprint density at radius 2 is 2.09 bits per heavy atom. The van der Waals surface area contributed by atoms with E-state index in [0.717, 1.165) is 5.56 Å². The van der Waals surface area contributed by atoms with Crippen molar-refractivity contribution in [1.29, 1.82) is 0 Å². The van der Waals surface area contributed by atoms with E-state index in [-0.39, 0.29) is 19.0 Å². The van der Waals surface area contributed by atoms with Crippen LogP contribution in [-0.2, 0) is 16.1 Å². The zero-order chi connectivity index (χ0) is 15.9. The number of amides is 1. The van der Waals surface area contributed by atoms with Gasteiger partial charge in [-0.15, -0.1) is 0 Å². The van der Waals surface area contributed by atoms with Crippen molar-refractivity contribution in [1.82, 2.24) is 9.78 Å². The molecule has 0 spiro atoms. The second-order valence-electron chi connectivity index (χ2n) is 4.34. The van der Waals surface area contributed by atoms with Gasteiger partial charge in [-0.1, -0.05) is 43.0 Å². The van der Waals surface area contributed by atoms with Gasteiger partial charge in [-0.3, -0.25) is 10.1 Å². The number of carboxylic acid groups (broad SMARTS) is 1. The number of nitrogens with zero attached hydrogens (tertiary/aromatic N) is 2. The molecule has 2 N–H and O–H groups in total. The molecule has 2 rings (SSSR count). The Kier molecular flexibility index (Phi) is 4.92. The van der Waals surface area contributed by atoms with E-state index >= 15 is 0 Å². The van der Waals surface area contributed by atoms with E-state index in [1.807, 2.05) is 30.3 Å². The highest BCUT2D eigenvalue weighted by Crippen LogP contribution is 2.21. The van der Waals surface area contributed by atoms with E-state index < -0.39 is 12.1 Å². The third-order valence-electron chi connectivity index (χ3n) is 2.70. The second-order valence-corrected chi connectivity index (χ2v) is 4.34. The molecule has 0 atom stereocenters. The van der Waals surface area contributed by atoms with Crippen LogP contribution in [0.2, 0.25) is 0 Å². The fourth-order valence-electron chi connectivity index (χ4n) is 1.79. The highest BCUT2D eigenvalue weighted by Gasteiger charge is 2.14. The monoisotopic (exact) mass is 301 g/mol. The lowest BCUT2D eigenvalue weighted by molar-refractivity contribution is -0.137. The normalized spacial score (nSPS) is 10.0. The number of aliphatic carboxylic acids is 1. The van der Waals surface area contributed by atoms with Gasteiger partial charge < -0.3 is 9.84 Å². The molecule has 114 valence electrons. The number of aromatic nitrogens is 2. The first kappa shape index (κ1) is 15.3. The average Bonchev–Trinajstić information content (AvgIpc) is 2.88. The molecule has 7 heteroatoms. The summed E-state index contributed by atoms with van der Waals surface area (Å²) in [6.07, 6.45) is 0.731. The van der Waals surface area contributed by atoms with Crippen molar-refractivity contribution in [3.8, 4) is 11.3 Å². The molecule has 1 heterocycles. The van der Waals surface area contributed by atoms with Gasteiger partial charge in [-0.05, 0) is 0 Å².